The first kappa shape index (κ1) is 19.4. The van der Waals surface area contributed by atoms with Crippen LogP contribution in [-0.4, -0.2) is 31.8 Å². The molecule has 0 aliphatic carbocycles. The van der Waals surface area contributed by atoms with Gasteiger partial charge in [0.05, 0.1) is 18.7 Å². The van der Waals surface area contributed by atoms with Crippen molar-refractivity contribution < 1.29 is 9.53 Å². The lowest BCUT2D eigenvalue weighted by molar-refractivity contribution is -0.130. The number of nitrogens with one attached hydrogen (secondary N) is 1. The summed E-state index contributed by atoms with van der Waals surface area (Å²) >= 11 is 0. The minimum atomic E-state index is -0.327. The van der Waals surface area contributed by atoms with Crippen molar-refractivity contribution in [1.82, 2.24) is 19.3 Å². The predicted octanol–water partition coefficient (Wildman–Crippen LogP) is 3.56. The predicted molar refractivity (Wildman–Crippen MR) is 110 cm³/mol. The summed E-state index contributed by atoms with van der Waals surface area (Å²) in [5, 5.41) is 7.45. The molecule has 1 saturated heterocycles. The van der Waals surface area contributed by atoms with E-state index in [9.17, 15) is 4.79 Å². The van der Waals surface area contributed by atoms with Crippen LogP contribution in [0.3, 0.4) is 0 Å². The maximum absolute atomic E-state index is 13.2. The van der Waals surface area contributed by atoms with E-state index in [0.29, 0.717) is 19.0 Å². The molecule has 3 heterocycles. The van der Waals surface area contributed by atoms with E-state index in [4.69, 9.17) is 4.74 Å². The van der Waals surface area contributed by atoms with Gasteiger partial charge in [-0.2, -0.15) is 5.10 Å². The van der Waals surface area contributed by atoms with Gasteiger partial charge in [0, 0.05) is 31.6 Å². The summed E-state index contributed by atoms with van der Waals surface area (Å²) in [7, 11) is 0. The van der Waals surface area contributed by atoms with E-state index < -0.39 is 0 Å². The van der Waals surface area contributed by atoms with Crippen molar-refractivity contribution in [2.75, 3.05) is 11.9 Å². The van der Waals surface area contributed by atoms with Crippen LogP contribution in [0.25, 0.3) is 0 Å². The van der Waals surface area contributed by atoms with Crippen LogP contribution >= 0.6 is 0 Å². The zero-order valence-corrected chi connectivity index (χ0v) is 16.9. The Balaban J connectivity index is 1.50. The summed E-state index contributed by atoms with van der Waals surface area (Å²) < 4.78 is 9.84. The summed E-state index contributed by atoms with van der Waals surface area (Å²) in [6.45, 7) is 6.18. The minimum Gasteiger partial charge on any atom is -0.369 e. The number of carbonyl (C=O) groups excluding carboxylic acids is 1. The number of rotatable bonds is 6. The maximum Gasteiger partial charge on any atom is 0.231 e. The van der Waals surface area contributed by atoms with Gasteiger partial charge in [-0.3, -0.25) is 4.79 Å². The quantitative estimate of drug-likeness (QED) is 0.695. The van der Waals surface area contributed by atoms with E-state index in [2.05, 4.69) is 53.5 Å². The molecule has 7 heteroatoms. The number of aryl methyl sites for hydroxylation is 2. The van der Waals surface area contributed by atoms with Crippen LogP contribution < -0.4 is 5.32 Å². The van der Waals surface area contributed by atoms with Gasteiger partial charge in [0.15, 0.2) is 0 Å². The van der Waals surface area contributed by atoms with Gasteiger partial charge in [-0.25, -0.2) is 9.67 Å². The highest BCUT2D eigenvalue weighted by molar-refractivity contribution is 5.92. The number of anilines is 1. The first-order chi connectivity index (χ1) is 14.2. The molecule has 1 aromatic carbocycles. The van der Waals surface area contributed by atoms with Gasteiger partial charge in [0.2, 0.25) is 5.91 Å². The third-order valence-corrected chi connectivity index (χ3v) is 5.42. The highest BCUT2D eigenvalue weighted by Gasteiger charge is 2.36. The fourth-order valence-corrected chi connectivity index (χ4v) is 3.80. The molecule has 2 atom stereocenters. The second kappa shape index (κ2) is 8.61. The lowest BCUT2D eigenvalue weighted by Crippen LogP contribution is -2.35. The molecule has 7 nitrogen and oxygen atoms in total. The van der Waals surface area contributed by atoms with Gasteiger partial charge >= 0.3 is 0 Å². The monoisotopic (exact) mass is 393 g/mol. The van der Waals surface area contributed by atoms with Crippen LogP contribution in [0.5, 0.6) is 0 Å². The Morgan fingerprint density at radius 3 is 2.86 bits per heavy atom. The molecule has 0 spiro atoms. The molecule has 1 N–H and O–H groups in total. The average Bonchev–Trinajstić information content (AvgIpc) is 3.39. The molecule has 0 saturated carbocycles. The maximum atomic E-state index is 13.2. The normalized spacial score (nSPS) is 19.2. The summed E-state index contributed by atoms with van der Waals surface area (Å²) in [6.07, 6.45) is 6.72. The Morgan fingerprint density at radius 1 is 1.24 bits per heavy atom. The number of hydrogen-bond acceptors (Lipinski definition) is 4. The molecule has 29 heavy (non-hydrogen) atoms. The van der Waals surface area contributed by atoms with Gasteiger partial charge in [-0.1, -0.05) is 29.8 Å². The van der Waals surface area contributed by atoms with Crippen LogP contribution in [0.4, 0.5) is 5.82 Å². The van der Waals surface area contributed by atoms with Crippen LogP contribution in [0.2, 0.25) is 0 Å². The number of benzene rings is 1. The molecule has 3 aromatic rings. The fraction of sp³-hybridized carbons (Fsp3) is 0.409. The third-order valence-electron chi connectivity index (χ3n) is 5.42. The second-order valence-corrected chi connectivity index (χ2v) is 7.46. The molecule has 2 aromatic heterocycles. The Hall–Kier alpha value is -2.93. The van der Waals surface area contributed by atoms with Crippen LogP contribution in [-0.2, 0) is 22.6 Å². The molecule has 0 radical (unpaired) electrons. The zero-order valence-electron chi connectivity index (χ0n) is 16.9. The standard InChI is InChI=1S/C22H27N5O2/c1-3-26-13-12-23-21(26)20-18(5-4-14-29-20)22(28)25-19-10-11-24-27(19)15-17-8-6-16(2)7-9-17/h6-13,18,20H,3-5,14-15H2,1-2H3,(H,25,28)/t18-,20-/m1/s1. The largest absolute Gasteiger partial charge is 0.369 e. The number of amides is 1. The van der Waals surface area contributed by atoms with Gasteiger partial charge in [0.25, 0.3) is 0 Å². The third kappa shape index (κ3) is 4.24. The molecule has 4 rings (SSSR count). The number of aromatic nitrogens is 4. The SMILES string of the molecule is CCn1ccnc1[C@@H]1OCCC[C@H]1C(=O)Nc1ccnn1Cc1ccc(C)cc1. The minimum absolute atomic E-state index is 0.0500. The summed E-state index contributed by atoms with van der Waals surface area (Å²) in [4.78, 5) is 17.6. The molecule has 1 fully saturated rings. The lowest BCUT2D eigenvalue weighted by atomic mass is 9.92. The summed E-state index contributed by atoms with van der Waals surface area (Å²) in [5.41, 5.74) is 2.36. The van der Waals surface area contributed by atoms with Crippen LogP contribution in [0.15, 0.2) is 48.9 Å². The van der Waals surface area contributed by atoms with Crippen LogP contribution in [0.1, 0.15) is 42.8 Å². The Morgan fingerprint density at radius 2 is 2.07 bits per heavy atom. The smallest absolute Gasteiger partial charge is 0.231 e. The van der Waals surface area contributed by atoms with E-state index in [-0.39, 0.29) is 17.9 Å². The first-order valence-electron chi connectivity index (χ1n) is 10.2. The number of ether oxygens (including phenoxy) is 1. The molecule has 0 bridgehead atoms. The number of nitrogens with zero attached hydrogens (tertiary/aromatic N) is 4. The summed E-state index contributed by atoms with van der Waals surface area (Å²) in [5.74, 6) is 1.18. The highest BCUT2D eigenvalue weighted by atomic mass is 16.5. The number of imidazole rings is 1. The van der Waals surface area contributed by atoms with E-state index in [1.165, 1.54) is 5.56 Å². The second-order valence-electron chi connectivity index (χ2n) is 7.46. The molecule has 152 valence electrons. The highest BCUT2D eigenvalue weighted by Crippen LogP contribution is 2.33. The van der Waals surface area contributed by atoms with Crippen molar-refractivity contribution in [1.29, 1.82) is 0 Å². The molecular formula is C22H27N5O2. The van der Waals surface area contributed by atoms with E-state index >= 15 is 0 Å². The molecule has 1 amide bonds. The lowest BCUT2D eigenvalue weighted by Gasteiger charge is -2.30. The van der Waals surface area contributed by atoms with Gasteiger partial charge < -0.3 is 14.6 Å². The Bertz CT molecular complexity index is 960. The molecular weight excluding hydrogens is 366 g/mol. The summed E-state index contributed by atoms with van der Waals surface area (Å²) in [6, 6.07) is 10.2. The fourth-order valence-electron chi connectivity index (χ4n) is 3.80. The van der Waals surface area contributed by atoms with Crippen molar-refractivity contribution in [3.05, 3.63) is 65.9 Å². The van der Waals surface area contributed by atoms with Crippen LogP contribution in [0, 0.1) is 12.8 Å². The number of hydrogen-bond donors (Lipinski definition) is 1. The van der Waals surface area contributed by atoms with Crippen molar-refractivity contribution >= 4 is 11.7 Å². The average molecular weight is 393 g/mol. The van der Waals surface area contributed by atoms with E-state index in [1.807, 2.05) is 21.5 Å². The van der Waals surface area contributed by atoms with Gasteiger partial charge in [0.1, 0.15) is 17.7 Å². The Labute approximate surface area is 170 Å². The van der Waals surface area contributed by atoms with Crippen molar-refractivity contribution in [2.24, 2.45) is 5.92 Å². The Kier molecular flexibility index (Phi) is 5.76. The van der Waals surface area contributed by atoms with E-state index in [1.54, 1.807) is 12.4 Å². The first-order valence-corrected chi connectivity index (χ1v) is 10.2. The number of carbonyl (C=O) groups is 1. The van der Waals surface area contributed by atoms with Gasteiger partial charge in [-0.15, -0.1) is 0 Å². The van der Waals surface area contributed by atoms with Crippen molar-refractivity contribution in [3.8, 4) is 0 Å². The van der Waals surface area contributed by atoms with E-state index in [0.717, 1.165) is 30.8 Å². The van der Waals surface area contributed by atoms with Crippen molar-refractivity contribution in [2.45, 2.75) is 45.9 Å². The molecule has 0 unspecified atom stereocenters. The topological polar surface area (TPSA) is 74.0 Å². The molecule has 1 aliphatic rings. The van der Waals surface area contributed by atoms with Crippen molar-refractivity contribution in [3.63, 3.8) is 0 Å². The van der Waals surface area contributed by atoms with Gasteiger partial charge in [-0.05, 0) is 32.3 Å². The zero-order chi connectivity index (χ0) is 20.2. The molecule has 1 aliphatic heterocycles.